The molecule has 1 aliphatic heterocycles. The fourth-order valence-electron chi connectivity index (χ4n) is 3.15. The summed E-state index contributed by atoms with van der Waals surface area (Å²) in [7, 11) is 0. The molecule has 156 valence electrons. The van der Waals surface area contributed by atoms with Crippen molar-refractivity contribution >= 4 is 40.8 Å². The molecule has 1 fully saturated rings. The van der Waals surface area contributed by atoms with Crippen LogP contribution in [0.1, 0.15) is 18.1 Å². The molecule has 4 amide bonds. The smallest absolute Gasteiger partial charge is 0.319 e. The second-order valence-electron chi connectivity index (χ2n) is 6.90. The molecule has 0 spiro atoms. The highest BCUT2D eigenvalue weighted by Crippen LogP contribution is 2.34. The van der Waals surface area contributed by atoms with Gasteiger partial charge in [-0.15, -0.1) is 0 Å². The van der Waals surface area contributed by atoms with E-state index >= 15 is 0 Å². The van der Waals surface area contributed by atoms with Crippen LogP contribution in [0.3, 0.4) is 0 Å². The summed E-state index contributed by atoms with van der Waals surface area (Å²) in [6.07, 6.45) is 0. The Balaban J connectivity index is 1.81. The summed E-state index contributed by atoms with van der Waals surface area (Å²) in [4.78, 5) is 48.8. The van der Waals surface area contributed by atoms with Crippen molar-refractivity contribution in [2.45, 2.75) is 19.4 Å². The van der Waals surface area contributed by atoms with Gasteiger partial charge in [0.25, 0.3) is 11.6 Å². The number of carbonyl (C=O) groups excluding carboxylic acids is 3. The Labute approximate surface area is 175 Å². The molecule has 0 aromatic heterocycles. The summed E-state index contributed by atoms with van der Waals surface area (Å²) in [5.74, 6) is -2.19. The number of amides is 4. The lowest BCUT2D eigenvalue weighted by molar-refractivity contribution is -0.384. The molecule has 1 heterocycles. The molecular weight excluding hydrogens is 419 g/mol. The molecule has 0 radical (unpaired) electrons. The van der Waals surface area contributed by atoms with Gasteiger partial charge in [-0.2, -0.15) is 0 Å². The van der Waals surface area contributed by atoms with Gasteiger partial charge in [0.1, 0.15) is 23.6 Å². The van der Waals surface area contributed by atoms with Crippen molar-refractivity contribution in [2.75, 3.05) is 11.9 Å². The number of imide groups is 1. The Bertz CT molecular complexity index is 1090. The van der Waals surface area contributed by atoms with Crippen LogP contribution in [0.2, 0.25) is 5.02 Å². The number of aryl methyl sites for hydroxylation is 1. The number of halogens is 2. The van der Waals surface area contributed by atoms with Gasteiger partial charge < -0.3 is 10.6 Å². The second kappa shape index (κ2) is 7.71. The Morgan fingerprint density at radius 1 is 1.30 bits per heavy atom. The van der Waals surface area contributed by atoms with E-state index in [2.05, 4.69) is 10.6 Å². The fraction of sp³-hybridized carbons (Fsp3) is 0.211. The van der Waals surface area contributed by atoms with Gasteiger partial charge >= 0.3 is 6.03 Å². The van der Waals surface area contributed by atoms with Crippen molar-refractivity contribution in [1.82, 2.24) is 10.2 Å². The van der Waals surface area contributed by atoms with E-state index in [1.807, 2.05) is 0 Å². The number of nitro benzene ring substituents is 1. The van der Waals surface area contributed by atoms with Crippen LogP contribution in [0.5, 0.6) is 0 Å². The van der Waals surface area contributed by atoms with Crippen LogP contribution in [0, 0.1) is 22.9 Å². The third-order valence-corrected chi connectivity index (χ3v) is 4.98. The maximum absolute atomic E-state index is 13.3. The van der Waals surface area contributed by atoms with Crippen molar-refractivity contribution in [3.8, 4) is 0 Å². The zero-order chi connectivity index (χ0) is 22.2. The first-order chi connectivity index (χ1) is 14.0. The van der Waals surface area contributed by atoms with E-state index in [0.717, 1.165) is 12.1 Å². The van der Waals surface area contributed by atoms with Gasteiger partial charge in [0, 0.05) is 16.7 Å². The van der Waals surface area contributed by atoms with Gasteiger partial charge in [0.15, 0.2) is 0 Å². The summed E-state index contributed by atoms with van der Waals surface area (Å²) in [6.45, 7) is 2.37. The first-order valence-electron chi connectivity index (χ1n) is 8.67. The average Bonchev–Trinajstić information content (AvgIpc) is 2.86. The van der Waals surface area contributed by atoms with Gasteiger partial charge in [-0.3, -0.25) is 24.6 Å². The first kappa shape index (κ1) is 21.2. The lowest BCUT2D eigenvalue weighted by atomic mass is 9.92. The number of urea groups is 1. The molecule has 1 saturated heterocycles. The molecule has 9 nitrogen and oxygen atoms in total. The van der Waals surface area contributed by atoms with Gasteiger partial charge in [0.2, 0.25) is 5.91 Å². The van der Waals surface area contributed by atoms with Crippen LogP contribution in [0.25, 0.3) is 0 Å². The van der Waals surface area contributed by atoms with Crippen molar-refractivity contribution in [3.63, 3.8) is 0 Å². The van der Waals surface area contributed by atoms with Crippen LogP contribution in [0.15, 0.2) is 36.4 Å². The summed E-state index contributed by atoms with van der Waals surface area (Å²) in [5, 5.41) is 15.9. The predicted octanol–water partition coefficient (Wildman–Crippen LogP) is 3.10. The molecule has 0 saturated carbocycles. The largest absolute Gasteiger partial charge is 0.325 e. The Morgan fingerprint density at radius 3 is 2.63 bits per heavy atom. The number of benzene rings is 2. The molecule has 3 rings (SSSR count). The molecule has 2 aromatic rings. The number of anilines is 1. The first-order valence-corrected chi connectivity index (χ1v) is 9.05. The van der Waals surface area contributed by atoms with Gasteiger partial charge in [-0.05, 0) is 37.6 Å². The zero-order valence-corrected chi connectivity index (χ0v) is 16.6. The van der Waals surface area contributed by atoms with E-state index in [4.69, 9.17) is 11.6 Å². The van der Waals surface area contributed by atoms with E-state index in [1.165, 1.54) is 25.1 Å². The van der Waals surface area contributed by atoms with Crippen LogP contribution in [-0.2, 0) is 15.1 Å². The molecule has 1 unspecified atom stereocenters. The van der Waals surface area contributed by atoms with Crippen molar-refractivity contribution in [3.05, 3.63) is 68.5 Å². The molecule has 2 aromatic carbocycles. The molecular formula is C19H16ClFN4O5. The number of hydrogen-bond acceptors (Lipinski definition) is 5. The van der Waals surface area contributed by atoms with E-state index in [1.54, 1.807) is 13.0 Å². The van der Waals surface area contributed by atoms with E-state index in [9.17, 15) is 28.9 Å². The second-order valence-corrected chi connectivity index (χ2v) is 7.30. The highest BCUT2D eigenvalue weighted by molar-refractivity contribution is 6.32. The van der Waals surface area contributed by atoms with Crippen molar-refractivity contribution in [1.29, 1.82) is 0 Å². The Morgan fingerprint density at radius 2 is 2.00 bits per heavy atom. The SMILES string of the molecule is Cc1ccc(NC(=O)CN2C(=O)NC(C)(c3ccc(F)cc3Cl)C2=O)c([N+](=O)[O-])c1. The molecule has 1 atom stereocenters. The van der Waals surface area contributed by atoms with Crippen LogP contribution in [0.4, 0.5) is 20.6 Å². The minimum absolute atomic E-state index is 0.0623. The van der Waals surface area contributed by atoms with Crippen molar-refractivity contribution < 1.29 is 23.7 Å². The Hall–Kier alpha value is -3.53. The third kappa shape index (κ3) is 3.81. The topological polar surface area (TPSA) is 122 Å². The highest BCUT2D eigenvalue weighted by Gasteiger charge is 2.50. The maximum Gasteiger partial charge on any atom is 0.325 e. The number of nitrogens with one attached hydrogen (secondary N) is 2. The van der Waals surface area contributed by atoms with Crippen LogP contribution < -0.4 is 10.6 Å². The van der Waals surface area contributed by atoms with E-state index < -0.39 is 40.7 Å². The molecule has 0 bridgehead atoms. The van der Waals surface area contributed by atoms with Gasteiger partial charge in [-0.25, -0.2) is 9.18 Å². The number of carbonyl (C=O) groups is 3. The quantitative estimate of drug-likeness (QED) is 0.425. The summed E-state index contributed by atoms with van der Waals surface area (Å²) >= 11 is 6.03. The predicted molar refractivity (Wildman–Crippen MR) is 105 cm³/mol. The molecule has 1 aliphatic rings. The zero-order valence-electron chi connectivity index (χ0n) is 15.9. The van der Waals surface area contributed by atoms with Gasteiger partial charge in [-0.1, -0.05) is 23.7 Å². The molecule has 2 N–H and O–H groups in total. The summed E-state index contributed by atoms with van der Waals surface area (Å²) < 4.78 is 13.3. The lowest BCUT2D eigenvalue weighted by Crippen LogP contribution is -2.42. The lowest BCUT2D eigenvalue weighted by Gasteiger charge is -2.23. The van der Waals surface area contributed by atoms with Crippen LogP contribution >= 0.6 is 11.6 Å². The number of hydrogen-bond donors (Lipinski definition) is 2. The third-order valence-electron chi connectivity index (χ3n) is 4.67. The molecule has 11 heteroatoms. The standard InChI is InChI=1S/C19H16ClFN4O5/c1-10-3-6-14(15(7-10)25(29)30)22-16(26)9-24-17(27)19(2,23-18(24)28)12-5-4-11(21)8-13(12)20/h3-8H,9H2,1-2H3,(H,22,26)(H,23,28). The van der Waals surface area contributed by atoms with Crippen LogP contribution in [-0.4, -0.2) is 34.2 Å². The van der Waals surface area contributed by atoms with Gasteiger partial charge in [0.05, 0.1) is 4.92 Å². The maximum atomic E-state index is 13.3. The monoisotopic (exact) mass is 434 g/mol. The normalized spacial score (nSPS) is 18.3. The van der Waals surface area contributed by atoms with E-state index in [0.29, 0.717) is 10.5 Å². The van der Waals surface area contributed by atoms with Crippen molar-refractivity contribution in [2.24, 2.45) is 0 Å². The minimum Gasteiger partial charge on any atom is -0.319 e. The minimum atomic E-state index is -1.60. The summed E-state index contributed by atoms with van der Waals surface area (Å²) in [5.41, 5.74) is -1.19. The van der Waals surface area contributed by atoms with E-state index in [-0.39, 0.29) is 22.0 Å². The number of nitrogens with zero attached hydrogens (tertiary/aromatic N) is 2. The molecule has 30 heavy (non-hydrogen) atoms. The fourth-order valence-corrected chi connectivity index (χ4v) is 3.51. The number of nitro groups is 1. The molecule has 0 aliphatic carbocycles. The average molecular weight is 435 g/mol. The Kier molecular flexibility index (Phi) is 5.45. The summed E-state index contributed by atoms with van der Waals surface area (Å²) in [6, 6.07) is 6.75. The number of rotatable bonds is 5. The highest BCUT2D eigenvalue weighted by atomic mass is 35.5.